The molecule has 6 rings (SSSR count). The Morgan fingerprint density at radius 2 is 1.62 bits per heavy atom. The van der Waals surface area contributed by atoms with Crippen LogP contribution in [0.25, 0.3) is 33.9 Å². The molecular weight excluding hydrogens is 594 g/mol. The molecule has 0 saturated carbocycles. The van der Waals surface area contributed by atoms with Gasteiger partial charge < -0.3 is 16.0 Å². The number of hydrogen-bond donors (Lipinski definition) is 2. The zero-order chi connectivity index (χ0) is 33.0. The number of pyridine rings is 1. The van der Waals surface area contributed by atoms with Crippen molar-refractivity contribution in [1.29, 1.82) is 0 Å². The number of halogens is 2. The van der Waals surface area contributed by atoms with Gasteiger partial charge in [-0.1, -0.05) is 48.6 Å². The minimum atomic E-state index is -1.22. The van der Waals surface area contributed by atoms with Gasteiger partial charge in [-0.15, -0.1) is 0 Å². The van der Waals surface area contributed by atoms with E-state index < -0.39 is 5.67 Å². The summed E-state index contributed by atoms with van der Waals surface area (Å²) in [6.45, 7) is 2.82. The molecule has 8 heteroatoms. The van der Waals surface area contributed by atoms with Crippen LogP contribution in [0.5, 0.6) is 0 Å². The van der Waals surface area contributed by atoms with Crippen molar-refractivity contribution in [2.45, 2.75) is 31.9 Å². The second-order valence-corrected chi connectivity index (χ2v) is 12.3. The van der Waals surface area contributed by atoms with Gasteiger partial charge in [-0.05, 0) is 119 Å². The molecule has 0 atom stereocenters. The molecule has 2 heterocycles. The van der Waals surface area contributed by atoms with Crippen molar-refractivity contribution < 1.29 is 18.4 Å². The van der Waals surface area contributed by atoms with Gasteiger partial charge in [-0.25, -0.2) is 13.8 Å². The number of likely N-dealkylation sites (tertiary alicyclic amines) is 1. The zero-order valence-corrected chi connectivity index (χ0v) is 26.2. The van der Waals surface area contributed by atoms with Crippen LogP contribution in [0.1, 0.15) is 47.7 Å². The number of anilines is 1. The van der Waals surface area contributed by atoms with Gasteiger partial charge in [0.1, 0.15) is 17.3 Å². The van der Waals surface area contributed by atoms with Crippen LogP contribution in [-0.2, 0) is 4.79 Å². The monoisotopic (exact) mass is 630 g/mol. The molecule has 2 aliphatic rings. The Hall–Kier alpha value is -5.37. The summed E-state index contributed by atoms with van der Waals surface area (Å²) in [7, 11) is 0. The fourth-order valence-corrected chi connectivity index (χ4v) is 5.87. The first kappa shape index (κ1) is 31.6. The van der Waals surface area contributed by atoms with Crippen LogP contribution in [0, 0.1) is 5.82 Å². The minimum Gasteiger partial charge on any atom is -0.384 e. The van der Waals surface area contributed by atoms with E-state index in [0.29, 0.717) is 50.3 Å². The van der Waals surface area contributed by atoms with Crippen LogP contribution in [0.15, 0.2) is 109 Å². The van der Waals surface area contributed by atoms with Gasteiger partial charge in [0.05, 0.1) is 0 Å². The van der Waals surface area contributed by atoms with Crippen molar-refractivity contribution in [3.05, 3.63) is 131 Å². The lowest BCUT2D eigenvalue weighted by Gasteiger charge is -2.34. The third kappa shape index (κ3) is 7.72. The van der Waals surface area contributed by atoms with E-state index in [1.807, 2.05) is 36.4 Å². The highest BCUT2D eigenvalue weighted by molar-refractivity contribution is 5.95. The standard InChI is InChI=1S/C39H36F2N4O2/c1-39(41)18-20-45(21-19-39)38(47)30-8-6-28(7-9-30)31-12-15-34(35(23-31)29-10-13-33(40)14-11-29)32-5-2-27(22-32)25-44-37(46)17-4-26-3-16-36(42)43-24-26/h2-17,23-24H,18-22,25H2,1H3,(H2,42,43)(H,44,46)/b17-4+. The number of carbonyl (C=O) groups excluding carboxylic acids is 2. The molecule has 47 heavy (non-hydrogen) atoms. The zero-order valence-electron chi connectivity index (χ0n) is 26.2. The van der Waals surface area contributed by atoms with E-state index in [1.165, 1.54) is 18.2 Å². The molecule has 2 amide bonds. The molecule has 1 aromatic heterocycles. The summed E-state index contributed by atoms with van der Waals surface area (Å²) in [4.78, 5) is 31.2. The summed E-state index contributed by atoms with van der Waals surface area (Å²) in [6, 6.07) is 23.6. The summed E-state index contributed by atoms with van der Waals surface area (Å²) in [6.07, 6.45) is 10.2. The van der Waals surface area contributed by atoms with Gasteiger partial charge in [-0.3, -0.25) is 9.59 Å². The number of nitrogens with one attached hydrogen (secondary N) is 1. The molecule has 3 aromatic carbocycles. The molecule has 0 unspecified atom stereocenters. The molecule has 3 N–H and O–H groups in total. The van der Waals surface area contributed by atoms with Crippen molar-refractivity contribution in [2.24, 2.45) is 0 Å². The number of carbonyl (C=O) groups is 2. The van der Waals surface area contributed by atoms with E-state index in [9.17, 15) is 18.4 Å². The van der Waals surface area contributed by atoms with Crippen LogP contribution in [0.4, 0.5) is 14.6 Å². The highest BCUT2D eigenvalue weighted by atomic mass is 19.1. The maximum atomic E-state index is 14.2. The number of benzene rings is 3. The first-order valence-electron chi connectivity index (χ1n) is 15.7. The van der Waals surface area contributed by atoms with E-state index >= 15 is 0 Å². The number of rotatable bonds is 8. The Labute approximate surface area is 273 Å². The molecule has 4 aromatic rings. The van der Waals surface area contributed by atoms with Crippen LogP contribution >= 0.6 is 0 Å². The number of nitrogens with two attached hydrogens (primary N) is 1. The average molecular weight is 631 g/mol. The largest absolute Gasteiger partial charge is 0.384 e. The molecule has 1 aliphatic heterocycles. The van der Waals surface area contributed by atoms with E-state index in [2.05, 4.69) is 28.5 Å². The van der Waals surface area contributed by atoms with Crippen LogP contribution in [0.3, 0.4) is 0 Å². The molecular formula is C39H36F2N4O2. The molecule has 238 valence electrons. The Bertz CT molecular complexity index is 1870. The van der Waals surface area contributed by atoms with Crippen molar-refractivity contribution in [1.82, 2.24) is 15.2 Å². The lowest BCUT2D eigenvalue weighted by molar-refractivity contribution is -0.116. The Balaban J connectivity index is 1.15. The molecule has 0 bridgehead atoms. The number of nitrogen functional groups attached to an aromatic ring is 1. The average Bonchev–Trinajstić information content (AvgIpc) is 3.56. The second-order valence-electron chi connectivity index (χ2n) is 12.3. The van der Waals surface area contributed by atoms with Crippen molar-refractivity contribution in [3.8, 4) is 22.3 Å². The number of alkyl halides is 1. The Morgan fingerprint density at radius 3 is 2.32 bits per heavy atom. The maximum Gasteiger partial charge on any atom is 0.253 e. The number of allylic oxidation sites excluding steroid dienone is 3. The van der Waals surface area contributed by atoms with Crippen LogP contribution in [-0.4, -0.2) is 47.0 Å². The van der Waals surface area contributed by atoms with E-state index in [1.54, 1.807) is 48.4 Å². The fourth-order valence-electron chi connectivity index (χ4n) is 5.87. The maximum absolute atomic E-state index is 14.2. The van der Waals surface area contributed by atoms with Gasteiger partial charge in [0, 0.05) is 37.5 Å². The predicted octanol–water partition coefficient (Wildman–Crippen LogP) is 7.64. The number of hydrogen-bond acceptors (Lipinski definition) is 4. The van der Waals surface area contributed by atoms with E-state index in [0.717, 1.165) is 44.5 Å². The summed E-state index contributed by atoms with van der Waals surface area (Å²) < 4.78 is 28.1. The quantitative estimate of drug-likeness (QED) is 0.196. The highest BCUT2D eigenvalue weighted by Crippen LogP contribution is 2.38. The number of aromatic nitrogens is 1. The van der Waals surface area contributed by atoms with Gasteiger partial charge in [0.25, 0.3) is 5.91 Å². The molecule has 0 radical (unpaired) electrons. The summed E-state index contributed by atoms with van der Waals surface area (Å²) in [5.74, 6) is -0.181. The third-order valence-electron chi connectivity index (χ3n) is 8.74. The number of piperidine rings is 1. The van der Waals surface area contributed by atoms with E-state index in [4.69, 9.17) is 5.73 Å². The summed E-state index contributed by atoms with van der Waals surface area (Å²) in [5.41, 5.74) is 12.7. The van der Waals surface area contributed by atoms with Gasteiger partial charge in [0.2, 0.25) is 5.91 Å². The number of amides is 2. The topological polar surface area (TPSA) is 88.3 Å². The van der Waals surface area contributed by atoms with Crippen molar-refractivity contribution in [3.63, 3.8) is 0 Å². The molecule has 6 nitrogen and oxygen atoms in total. The number of nitrogens with zero attached hydrogens (tertiary/aromatic N) is 2. The van der Waals surface area contributed by atoms with Crippen LogP contribution in [0.2, 0.25) is 0 Å². The minimum absolute atomic E-state index is 0.0859. The van der Waals surface area contributed by atoms with Crippen LogP contribution < -0.4 is 11.1 Å². The smallest absolute Gasteiger partial charge is 0.253 e. The van der Waals surface area contributed by atoms with Crippen molar-refractivity contribution in [2.75, 3.05) is 25.4 Å². The second kappa shape index (κ2) is 13.5. The highest BCUT2D eigenvalue weighted by Gasteiger charge is 2.31. The Kier molecular flexibility index (Phi) is 9.11. The van der Waals surface area contributed by atoms with Gasteiger partial charge in [0.15, 0.2) is 0 Å². The molecule has 1 fully saturated rings. The third-order valence-corrected chi connectivity index (χ3v) is 8.74. The normalized spacial score (nSPS) is 15.8. The predicted molar refractivity (Wildman–Crippen MR) is 183 cm³/mol. The Morgan fingerprint density at radius 1 is 0.915 bits per heavy atom. The first-order valence-corrected chi connectivity index (χ1v) is 15.7. The van der Waals surface area contributed by atoms with Crippen molar-refractivity contribution >= 4 is 29.3 Å². The lowest BCUT2D eigenvalue weighted by atomic mass is 9.89. The lowest BCUT2D eigenvalue weighted by Crippen LogP contribution is -2.43. The van der Waals surface area contributed by atoms with Gasteiger partial charge >= 0.3 is 0 Å². The van der Waals surface area contributed by atoms with Gasteiger partial charge in [-0.2, -0.15) is 0 Å². The molecule has 1 aliphatic carbocycles. The summed E-state index contributed by atoms with van der Waals surface area (Å²) in [5, 5.41) is 2.94. The molecule has 1 saturated heterocycles. The fraction of sp³-hybridized carbons (Fsp3) is 0.205. The first-order chi connectivity index (χ1) is 22.6. The summed E-state index contributed by atoms with van der Waals surface area (Å²) >= 11 is 0. The molecule has 0 spiro atoms. The SMILES string of the molecule is CC1(F)CCN(C(=O)c2ccc(-c3ccc(C4=CC=C(CNC(=O)/C=C/c5ccc(N)nc5)C4)c(-c4ccc(F)cc4)c3)cc2)CC1. The van der Waals surface area contributed by atoms with E-state index in [-0.39, 0.29) is 17.6 Å².